The van der Waals surface area contributed by atoms with E-state index in [1.807, 2.05) is 22.2 Å². The minimum absolute atomic E-state index is 0.0226. The zero-order chi connectivity index (χ0) is 61.8. The molecule has 2 aromatic heterocycles. The van der Waals surface area contributed by atoms with E-state index in [0.717, 1.165) is 15.1 Å². The standard InChI is InChI=1S/C53H80N14O14S3/c1-5-28(2)41-49(79)61-32(15-16-39(69)70)44(74)63-35(25-40(71)72)46(76)62-34(12-8-19-57-53(55)56)50(80)66-21-9-13-37(66)47(77)60-33(18-23-82-4)45(75)59-31(43(54)73)11-6-7-20-65-26-30-17-24-83-42(30)52(65)84-27-36(58-29(3)68)51(81)67-22-10-14-38(67)48(78)64-41/h17,24,26,28,31-38,41H,5-16,18-23,25,27H2,1-4H3,(H2,54,73)(H,58,68)(H,59,75)(H,60,77)(H,61,79)(H,62,76)(H,63,74)(H,64,78)(H,69,70)(H,71,72)(H4,55,56,57)/t28-,31-,32-,33-,34-,35-,36-,37-,38-,41-/m0/s1. The Hall–Kier alpha value is -7.15. The van der Waals surface area contributed by atoms with Crippen molar-refractivity contribution in [2.45, 2.75) is 177 Å². The number of fused-ring (bicyclic) bond motifs is 5. The van der Waals surface area contributed by atoms with Crippen molar-refractivity contribution in [2.75, 3.05) is 37.4 Å². The average Bonchev–Trinajstić information content (AvgIpc) is 4.38. The lowest BCUT2D eigenvalue weighted by Gasteiger charge is -2.32. The highest BCUT2D eigenvalue weighted by atomic mass is 32.2. The predicted molar refractivity (Wildman–Crippen MR) is 313 cm³/mol. The molecule has 464 valence electrons. The Kier molecular flexibility index (Phi) is 26.4. The second-order valence-electron chi connectivity index (χ2n) is 21.1. The van der Waals surface area contributed by atoms with Gasteiger partial charge in [0, 0.05) is 56.9 Å². The number of thioether (sulfide) groups is 2. The fourth-order valence-electron chi connectivity index (χ4n) is 10.3. The van der Waals surface area contributed by atoms with E-state index in [4.69, 9.17) is 16.9 Å². The number of primary amides is 1. The first-order valence-electron chi connectivity index (χ1n) is 28.1. The molecule has 0 bridgehead atoms. The van der Waals surface area contributed by atoms with Gasteiger partial charge in [0.25, 0.3) is 0 Å². The van der Waals surface area contributed by atoms with Gasteiger partial charge in [-0.3, -0.25) is 62.9 Å². The van der Waals surface area contributed by atoms with Gasteiger partial charge in [0.05, 0.1) is 16.1 Å². The molecule has 0 saturated carbocycles. The van der Waals surface area contributed by atoms with Crippen LogP contribution >= 0.6 is 34.9 Å². The van der Waals surface area contributed by atoms with E-state index in [0.29, 0.717) is 44.4 Å². The van der Waals surface area contributed by atoms with Crippen LogP contribution in [0.15, 0.2) is 22.7 Å². The van der Waals surface area contributed by atoms with Crippen LogP contribution in [0.2, 0.25) is 0 Å². The van der Waals surface area contributed by atoms with Crippen molar-refractivity contribution >= 4 is 122 Å². The van der Waals surface area contributed by atoms with Crippen molar-refractivity contribution in [1.29, 1.82) is 5.41 Å². The largest absolute Gasteiger partial charge is 0.481 e. The number of nitrogens with two attached hydrogens (primary N) is 2. The fraction of sp³-hybridized carbons (Fsp3) is 0.642. The molecule has 0 radical (unpaired) electrons. The van der Waals surface area contributed by atoms with Gasteiger partial charge in [-0.2, -0.15) is 11.8 Å². The van der Waals surface area contributed by atoms with Crippen LogP contribution in [0.4, 0.5) is 0 Å². The van der Waals surface area contributed by atoms with Crippen LogP contribution in [0.3, 0.4) is 0 Å². The molecule has 5 rings (SSSR count). The zero-order valence-corrected chi connectivity index (χ0v) is 50.1. The molecule has 15 N–H and O–H groups in total. The summed E-state index contributed by atoms with van der Waals surface area (Å²) < 4.78 is 2.93. The number of amides is 10. The summed E-state index contributed by atoms with van der Waals surface area (Å²) in [6.45, 7) is 5.29. The molecular formula is C53H80N14O14S3. The number of carboxylic acid groups (broad SMARTS) is 2. The monoisotopic (exact) mass is 1230 g/mol. The lowest BCUT2D eigenvalue weighted by molar-refractivity contribution is -0.144. The predicted octanol–water partition coefficient (Wildman–Crippen LogP) is -0.738. The van der Waals surface area contributed by atoms with Gasteiger partial charge in [0.1, 0.15) is 54.4 Å². The second kappa shape index (κ2) is 32.8. The van der Waals surface area contributed by atoms with Gasteiger partial charge in [-0.25, -0.2) is 0 Å². The van der Waals surface area contributed by atoms with Crippen molar-refractivity contribution in [3.8, 4) is 0 Å². The van der Waals surface area contributed by atoms with Crippen LogP contribution in [-0.4, -0.2) is 193 Å². The number of rotatable bonds is 16. The number of thiophene rings is 1. The molecule has 0 spiro atoms. The van der Waals surface area contributed by atoms with Crippen molar-refractivity contribution in [3.63, 3.8) is 0 Å². The number of nitrogens with zero attached hydrogens (tertiary/aromatic N) is 3. The number of aryl methyl sites for hydroxylation is 1. The van der Waals surface area contributed by atoms with Crippen molar-refractivity contribution < 1.29 is 67.7 Å². The van der Waals surface area contributed by atoms with E-state index in [9.17, 15) is 67.7 Å². The van der Waals surface area contributed by atoms with E-state index < -0.39 is 157 Å². The SMILES string of the molecule is CC[C@H](C)[C@@H]1NC(=O)[C@@H]2CCCN2C(=O)[C@@H](NC(C)=O)CSc2c3sccc3cn2CCCC[C@@H](C(N)=O)NC(=O)[C@H](CCSC)NC(=O)[C@@H]2CCCN2C(=O)[C@H](CCCNC(=N)N)NC(=O)[C@H](CC(=O)O)NC(=O)[C@H](CCC(=O)O)NC1=O. The number of aliphatic carboxylic acids is 2. The molecule has 0 unspecified atom stereocenters. The summed E-state index contributed by atoms with van der Waals surface area (Å²) in [5.41, 5.74) is 11.3. The highest BCUT2D eigenvalue weighted by Crippen LogP contribution is 2.35. The maximum Gasteiger partial charge on any atom is 0.305 e. The third-order valence-electron chi connectivity index (χ3n) is 14.9. The van der Waals surface area contributed by atoms with Crippen LogP contribution in [0.1, 0.15) is 111 Å². The van der Waals surface area contributed by atoms with Gasteiger partial charge in [-0.15, -0.1) is 23.1 Å². The van der Waals surface area contributed by atoms with Crippen LogP contribution in [0.5, 0.6) is 0 Å². The maximum atomic E-state index is 14.6. The highest BCUT2D eigenvalue weighted by molar-refractivity contribution is 7.99. The number of carbonyl (C=O) groups is 12. The van der Waals surface area contributed by atoms with Crippen molar-refractivity contribution in [3.05, 3.63) is 17.6 Å². The zero-order valence-electron chi connectivity index (χ0n) is 47.7. The number of carbonyl (C=O) groups excluding carboxylic acids is 10. The van der Waals surface area contributed by atoms with Gasteiger partial charge < -0.3 is 78.6 Å². The van der Waals surface area contributed by atoms with Crippen LogP contribution in [0.25, 0.3) is 10.1 Å². The molecule has 0 aliphatic carbocycles. The molecule has 3 aliphatic rings. The Balaban J connectivity index is 1.54. The molecule has 10 atom stereocenters. The van der Waals surface area contributed by atoms with Crippen molar-refractivity contribution in [2.24, 2.45) is 17.4 Å². The van der Waals surface area contributed by atoms with Gasteiger partial charge >= 0.3 is 11.9 Å². The quantitative estimate of drug-likeness (QED) is 0.0559. The minimum Gasteiger partial charge on any atom is -0.481 e. The van der Waals surface area contributed by atoms with Crippen molar-refractivity contribution in [1.82, 2.24) is 56.9 Å². The van der Waals surface area contributed by atoms with Gasteiger partial charge in [0.15, 0.2) is 5.96 Å². The number of hydrogen-bond acceptors (Lipinski definition) is 16. The lowest BCUT2D eigenvalue weighted by atomic mass is 9.97. The molecule has 3 aliphatic heterocycles. The maximum absolute atomic E-state index is 14.6. The van der Waals surface area contributed by atoms with E-state index in [-0.39, 0.29) is 63.9 Å². The normalized spacial score (nSPS) is 25.5. The summed E-state index contributed by atoms with van der Waals surface area (Å²) in [6, 6.07) is -10.3. The summed E-state index contributed by atoms with van der Waals surface area (Å²) in [5, 5.41) is 51.8. The topological polar surface area (TPSA) is 429 Å². The van der Waals surface area contributed by atoms with E-state index >= 15 is 0 Å². The Morgan fingerprint density at radius 2 is 1.36 bits per heavy atom. The Labute approximate surface area is 498 Å². The summed E-state index contributed by atoms with van der Waals surface area (Å²) >= 11 is 4.20. The van der Waals surface area contributed by atoms with E-state index in [1.54, 1.807) is 20.1 Å². The molecule has 5 heterocycles. The third-order valence-corrected chi connectivity index (χ3v) is 17.8. The van der Waals surface area contributed by atoms with Gasteiger partial charge in [-0.05, 0) is 100 Å². The van der Waals surface area contributed by atoms with E-state index in [1.165, 1.54) is 51.6 Å². The summed E-state index contributed by atoms with van der Waals surface area (Å²) in [6.07, 6.45) is 3.87. The first kappa shape index (κ1) is 67.6. The molecule has 2 saturated heterocycles. The summed E-state index contributed by atoms with van der Waals surface area (Å²) in [4.78, 5) is 167. The summed E-state index contributed by atoms with van der Waals surface area (Å²) in [5.74, 6) is -11.6. The van der Waals surface area contributed by atoms with Crippen LogP contribution < -0.4 is 54.0 Å². The molecule has 31 heteroatoms. The number of hydrogen-bond donors (Lipinski definition) is 13. The molecule has 0 aromatic carbocycles. The molecule has 84 heavy (non-hydrogen) atoms. The average molecular weight is 1230 g/mol. The Morgan fingerprint density at radius 1 is 0.750 bits per heavy atom. The number of carboxylic acids is 2. The highest BCUT2D eigenvalue weighted by Gasteiger charge is 2.43. The number of aromatic nitrogens is 1. The minimum atomic E-state index is -1.95. The van der Waals surface area contributed by atoms with Gasteiger partial charge in [-0.1, -0.05) is 20.3 Å². The third kappa shape index (κ3) is 19.5. The Morgan fingerprint density at radius 3 is 1.98 bits per heavy atom. The van der Waals surface area contributed by atoms with Crippen LogP contribution in [0, 0.1) is 11.3 Å². The smallest absolute Gasteiger partial charge is 0.305 e. The van der Waals surface area contributed by atoms with Gasteiger partial charge in [0.2, 0.25) is 59.1 Å². The lowest BCUT2D eigenvalue weighted by Crippen LogP contribution is -2.61. The molecule has 2 aromatic rings. The first-order valence-corrected chi connectivity index (χ1v) is 31.4. The second-order valence-corrected chi connectivity index (χ2v) is 24.1. The Bertz CT molecular complexity index is 2740. The molecule has 2 fully saturated rings. The number of guanidine groups is 1. The molecule has 28 nitrogen and oxygen atoms in total. The van der Waals surface area contributed by atoms with Crippen LogP contribution in [-0.2, 0) is 64.1 Å². The summed E-state index contributed by atoms with van der Waals surface area (Å²) in [7, 11) is 0. The fourth-order valence-corrected chi connectivity index (χ4v) is 13.0. The van der Waals surface area contributed by atoms with E-state index in [2.05, 4.69) is 42.5 Å². The molecular weight excluding hydrogens is 1150 g/mol. The molecule has 10 amide bonds. The number of nitrogens with one attached hydrogen (secondary N) is 9. The first-order chi connectivity index (χ1) is 39.9.